The van der Waals surface area contributed by atoms with E-state index in [0.717, 1.165) is 0 Å². The summed E-state index contributed by atoms with van der Waals surface area (Å²) in [5.41, 5.74) is -0.525. The largest absolute Gasteiger partial charge is 0.373 e. The molecule has 0 amide bonds. The Hall–Kier alpha value is -0.120. The van der Waals surface area contributed by atoms with Crippen LogP contribution in [0.4, 0.5) is 0 Å². The van der Waals surface area contributed by atoms with Crippen LogP contribution in [0.15, 0.2) is 0 Å². The van der Waals surface area contributed by atoms with E-state index in [9.17, 15) is 0 Å². The lowest BCUT2D eigenvalue weighted by atomic mass is 10.1. The van der Waals surface area contributed by atoms with Gasteiger partial charge >= 0.3 is 0 Å². The van der Waals surface area contributed by atoms with Crippen molar-refractivity contribution >= 4 is 0 Å². The monoisotopic (exact) mass is 161 g/mol. The molecular weight excluding hydrogens is 142 g/mol. The maximum atomic E-state index is 5.48. The van der Waals surface area contributed by atoms with Crippen LogP contribution in [0.3, 0.4) is 0 Å². The predicted molar refractivity (Wildman–Crippen MR) is 45.1 cm³/mol. The Bertz CT molecular complexity index is 116. The van der Waals surface area contributed by atoms with Crippen molar-refractivity contribution in [3.63, 3.8) is 0 Å². The zero-order valence-electron chi connectivity index (χ0n) is 8.10. The molecule has 0 unspecified atom stereocenters. The maximum Gasteiger partial charge on any atom is 0.107 e. The fraction of sp³-hybridized carbons (Fsp3) is 1.00. The van der Waals surface area contributed by atoms with Crippen LogP contribution in [0.2, 0.25) is 0 Å². The molecule has 0 bridgehead atoms. The average Bonchev–Trinajstić information content (AvgIpc) is 1.83. The van der Waals surface area contributed by atoms with Crippen molar-refractivity contribution in [2.75, 3.05) is 6.61 Å². The third-order valence-electron chi connectivity index (χ3n) is 1.17. The molecule has 0 heterocycles. The molecule has 0 aromatic heterocycles. The SMILES string of the molecule is CC(C)(C)OCC(C)(C)ON. The minimum atomic E-state index is -0.396. The van der Waals surface area contributed by atoms with E-state index in [0.29, 0.717) is 6.61 Å². The molecule has 11 heavy (non-hydrogen) atoms. The second-order valence-electron chi connectivity index (χ2n) is 4.28. The molecule has 0 saturated heterocycles. The Morgan fingerprint density at radius 1 is 1.09 bits per heavy atom. The number of hydrogen-bond acceptors (Lipinski definition) is 3. The van der Waals surface area contributed by atoms with Crippen LogP contribution >= 0.6 is 0 Å². The highest BCUT2D eigenvalue weighted by Crippen LogP contribution is 2.13. The van der Waals surface area contributed by atoms with Crippen LogP contribution in [0.25, 0.3) is 0 Å². The van der Waals surface area contributed by atoms with Crippen molar-refractivity contribution in [2.24, 2.45) is 5.90 Å². The van der Waals surface area contributed by atoms with E-state index in [1.165, 1.54) is 0 Å². The molecule has 0 atom stereocenters. The van der Waals surface area contributed by atoms with Crippen molar-refractivity contribution in [3.8, 4) is 0 Å². The molecule has 0 rings (SSSR count). The highest BCUT2D eigenvalue weighted by molar-refractivity contribution is 4.69. The predicted octanol–water partition coefficient (Wildman–Crippen LogP) is 1.47. The highest BCUT2D eigenvalue weighted by Gasteiger charge is 2.21. The van der Waals surface area contributed by atoms with Gasteiger partial charge in [-0.15, -0.1) is 0 Å². The van der Waals surface area contributed by atoms with Gasteiger partial charge in [0.2, 0.25) is 0 Å². The second-order valence-corrected chi connectivity index (χ2v) is 4.28. The maximum absolute atomic E-state index is 5.48. The highest BCUT2D eigenvalue weighted by atomic mass is 16.6. The Morgan fingerprint density at radius 2 is 1.55 bits per heavy atom. The molecular formula is C8H19NO2. The summed E-state index contributed by atoms with van der Waals surface area (Å²) in [5.74, 6) is 5.06. The zero-order valence-corrected chi connectivity index (χ0v) is 8.10. The first-order chi connectivity index (χ1) is 4.77. The van der Waals surface area contributed by atoms with Crippen LogP contribution in [0.5, 0.6) is 0 Å². The van der Waals surface area contributed by atoms with E-state index >= 15 is 0 Å². The lowest BCUT2D eigenvalue weighted by Gasteiger charge is -2.27. The summed E-state index contributed by atoms with van der Waals surface area (Å²) in [6.45, 7) is 10.3. The molecule has 0 aliphatic rings. The van der Waals surface area contributed by atoms with Crippen LogP contribution in [-0.2, 0) is 9.57 Å². The van der Waals surface area contributed by atoms with Crippen molar-refractivity contribution < 1.29 is 9.57 Å². The molecule has 0 aliphatic heterocycles. The van der Waals surface area contributed by atoms with Gasteiger partial charge in [0.25, 0.3) is 0 Å². The average molecular weight is 161 g/mol. The first-order valence-electron chi connectivity index (χ1n) is 3.79. The second kappa shape index (κ2) is 3.52. The van der Waals surface area contributed by atoms with E-state index < -0.39 is 5.60 Å². The molecule has 0 spiro atoms. The van der Waals surface area contributed by atoms with E-state index in [2.05, 4.69) is 0 Å². The lowest BCUT2D eigenvalue weighted by Crippen LogP contribution is -2.37. The van der Waals surface area contributed by atoms with Crippen LogP contribution in [0, 0.1) is 0 Å². The van der Waals surface area contributed by atoms with Crippen LogP contribution in [0.1, 0.15) is 34.6 Å². The van der Waals surface area contributed by atoms with Crippen molar-refractivity contribution in [1.82, 2.24) is 0 Å². The third kappa shape index (κ3) is 6.28. The summed E-state index contributed by atoms with van der Waals surface area (Å²) < 4.78 is 5.48. The summed E-state index contributed by atoms with van der Waals surface area (Å²) in [4.78, 5) is 4.71. The topological polar surface area (TPSA) is 44.5 Å². The van der Waals surface area contributed by atoms with Gasteiger partial charge in [-0.1, -0.05) is 0 Å². The molecule has 0 aromatic carbocycles. The van der Waals surface area contributed by atoms with E-state index in [1.807, 2.05) is 34.6 Å². The van der Waals surface area contributed by atoms with Crippen LogP contribution in [-0.4, -0.2) is 17.8 Å². The van der Waals surface area contributed by atoms with E-state index in [4.69, 9.17) is 15.5 Å². The number of ether oxygens (including phenoxy) is 1. The smallest absolute Gasteiger partial charge is 0.107 e. The quantitative estimate of drug-likeness (QED) is 0.637. The fourth-order valence-corrected chi connectivity index (χ4v) is 0.424. The molecule has 3 heteroatoms. The van der Waals surface area contributed by atoms with E-state index in [-0.39, 0.29) is 5.60 Å². The summed E-state index contributed by atoms with van der Waals surface area (Å²) in [7, 11) is 0. The molecule has 2 N–H and O–H groups in total. The van der Waals surface area contributed by atoms with Crippen molar-refractivity contribution in [2.45, 2.75) is 45.8 Å². The lowest BCUT2D eigenvalue weighted by molar-refractivity contribution is -0.116. The number of rotatable bonds is 3. The Balaban J connectivity index is 3.70. The minimum absolute atomic E-state index is 0.129. The molecule has 0 aliphatic carbocycles. The van der Waals surface area contributed by atoms with Crippen molar-refractivity contribution in [1.29, 1.82) is 0 Å². The van der Waals surface area contributed by atoms with Crippen molar-refractivity contribution in [3.05, 3.63) is 0 Å². The standard InChI is InChI=1S/C8H19NO2/c1-7(2,3)10-6-8(4,5)11-9/h6,9H2,1-5H3. The summed E-state index contributed by atoms with van der Waals surface area (Å²) in [5, 5.41) is 0. The van der Waals surface area contributed by atoms with Gasteiger partial charge in [-0.05, 0) is 34.6 Å². The first-order valence-corrected chi connectivity index (χ1v) is 3.79. The van der Waals surface area contributed by atoms with Gasteiger partial charge in [0, 0.05) is 0 Å². The number of nitrogens with two attached hydrogens (primary N) is 1. The molecule has 68 valence electrons. The molecule has 0 aromatic rings. The Morgan fingerprint density at radius 3 is 1.82 bits per heavy atom. The van der Waals surface area contributed by atoms with Gasteiger partial charge in [0.15, 0.2) is 0 Å². The normalized spacial score (nSPS) is 13.6. The van der Waals surface area contributed by atoms with Gasteiger partial charge in [0.05, 0.1) is 12.2 Å². The third-order valence-corrected chi connectivity index (χ3v) is 1.17. The summed E-state index contributed by atoms with van der Waals surface area (Å²) >= 11 is 0. The van der Waals surface area contributed by atoms with E-state index in [1.54, 1.807) is 0 Å². The molecule has 0 fully saturated rings. The molecule has 3 nitrogen and oxygen atoms in total. The van der Waals surface area contributed by atoms with Gasteiger partial charge in [0.1, 0.15) is 5.60 Å². The first kappa shape index (κ1) is 10.9. The Kier molecular flexibility index (Phi) is 3.48. The molecule has 0 saturated carbocycles. The van der Waals surface area contributed by atoms with Gasteiger partial charge in [-0.3, -0.25) is 4.84 Å². The number of hydrogen-bond donors (Lipinski definition) is 1. The fourth-order valence-electron chi connectivity index (χ4n) is 0.424. The van der Waals surface area contributed by atoms with Gasteiger partial charge in [-0.25, -0.2) is 5.90 Å². The molecule has 0 radical (unpaired) electrons. The van der Waals surface area contributed by atoms with Gasteiger partial charge < -0.3 is 4.74 Å². The zero-order chi connectivity index (χ0) is 9.12. The summed E-state index contributed by atoms with van der Waals surface area (Å²) in [6, 6.07) is 0. The van der Waals surface area contributed by atoms with Gasteiger partial charge in [-0.2, -0.15) is 0 Å². The minimum Gasteiger partial charge on any atom is -0.373 e. The summed E-state index contributed by atoms with van der Waals surface area (Å²) in [6.07, 6.45) is 0. The Labute approximate surface area is 68.8 Å². The van der Waals surface area contributed by atoms with Crippen LogP contribution < -0.4 is 5.90 Å².